The molecule has 0 heterocycles. The number of benzene rings is 1. The minimum atomic E-state index is -0.978. The molecule has 22 heavy (non-hydrogen) atoms. The predicted molar refractivity (Wildman–Crippen MR) is 85.9 cm³/mol. The van der Waals surface area contributed by atoms with Gasteiger partial charge < -0.3 is 10.0 Å². The summed E-state index contributed by atoms with van der Waals surface area (Å²) in [6.45, 7) is 0.763. The number of carbonyl (C=O) groups excluding carboxylic acids is 1. The third kappa shape index (κ3) is 4.58. The van der Waals surface area contributed by atoms with Crippen LogP contribution in [0.2, 0.25) is 0 Å². The SMILES string of the molecule is CN(CCC1CCCCC1)C(=O)Cc1ccccc1C(=O)O. The van der Waals surface area contributed by atoms with E-state index in [4.69, 9.17) is 5.11 Å². The van der Waals surface area contributed by atoms with E-state index in [9.17, 15) is 9.59 Å². The van der Waals surface area contributed by atoms with E-state index < -0.39 is 5.97 Å². The smallest absolute Gasteiger partial charge is 0.335 e. The number of hydrogen-bond donors (Lipinski definition) is 1. The minimum absolute atomic E-state index is 0.00971. The summed E-state index contributed by atoms with van der Waals surface area (Å²) in [7, 11) is 1.81. The van der Waals surface area contributed by atoms with Crippen LogP contribution < -0.4 is 0 Å². The van der Waals surface area contributed by atoms with Crippen LogP contribution in [0.25, 0.3) is 0 Å². The standard InChI is InChI=1S/C18H25NO3/c1-19(12-11-14-7-3-2-4-8-14)17(20)13-15-9-5-6-10-16(15)18(21)22/h5-6,9-10,14H,2-4,7-8,11-13H2,1H3,(H,21,22). The maximum absolute atomic E-state index is 12.3. The van der Waals surface area contributed by atoms with Gasteiger partial charge >= 0.3 is 5.97 Å². The summed E-state index contributed by atoms with van der Waals surface area (Å²) >= 11 is 0. The van der Waals surface area contributed by atoms with E-state index in [0.717, 1.165) is 18.9 Å². The molecule has 4 nitrogen and oxygen atoms in total. The number of rotatable bonds is 6. The van der Waals surface area contributed by atoms with Gasteiger partial charge in [-0.3, -0.25) is 4.79 Å². The Bertz CT molecular complexity index is 521. The van der Waals surface area contributed by atoms with Gasteiger partial charge in [0, 0.05) is 13.6 Å². The molecule has 1 fully saturated rings. The fourth-order valence-electron chi connectivity index (χ4n) is 3.16. The van der Waals surface area contributed by atoms with Gasteiger partial charge in [-0.1, -0.05) is 50.3 Å². The maximum Gasteiger partial charge on any atom is 0.335 e. The van der Waals surface area contributed by atoms with E-state index in [2.05, 4.69) is 0 Å². The van der Waals surface area contributed by atoms with Crippen LogP contribution in [0, 0.1) is 5.92 Å². The van der Waals surface area contributed by atoms with E-state index in [1.54, 1.807) is 29.2 Å². The number of likely N-dealkylation sites (N-methyl/N-ethyl adjacent to an activating group) is 1. The van der Waals surface area contributed by atoms with E-state index >= 15 is 0 Å². The van der Waals surface area contributed by atoms with Crippen LogP contribution in [0.5, 0.6) is 0 Å². The molecule has 0 atom stereocenters. The molecule has 120 valence electrons. The highest BCUT2D eigenvalue weighted by Gasteiger charge is 2.18. The average molecular weight is 303 g/mol. The summed E-state index contributed by atoms with van der Waals surface area (Å²) in [6.07, 6.45) is 7.75. The van der Waals surface area contributed by atoms with Crippen molar-refractivity contribution in [2.75, 3.05) is 13.6 Å². The molecule has 0 saturated heterocycles. The maximum atomic E-state index is 12.3. The van der Waals surface area contributed by atoms with E-state index in [1.165, 1.54) is 32.1 Å². The molecule has 4 heteroatoms. The fraction of sp³-hybridized carbons (Fsp3) is 0.556. The molecular weight excluding hydrogens is 278 g/mol. The van der Waals surface area contributed by atoms with Gasteiger partial charge in [0.1, 0.15) is 0 Å². The van der Waals surface area contributed by atoms with Crippen LogP contribution in [0.3, 0.4) is 0 Å². The molecule has 0 radical (unpaired) electrons. The highest BCUT2D eigenvalue weighted by Crippen LogP contribution is 2.26. The van der Waals surface area contributed by atoms with Crippen molar-refractivity contribution in [3.63, 3.8) is 0 Å². The summed E-state index contributed by atoms with van der Waals surface area (Å²) in [4.78, 5) is 25.2. The molecule has 0 aliphatic heterocycles. The molecular formula is C18H25NO3. The largest absolute Gasteiger partial charge is 0.478 e. The van der Waals surface area contributed by atoms with E-state index in [-0.39, 0.29) is 17.9 Å². The minimum Gasteiger partial charge on any atom is -0.478 e. The molecule has 1 N–H and O–H groups in total. The van der Waals surface area contributed by atoms with Gasteiger partial charge in [-0.15, -0.1) is 0 Å². The first kappa shape index (κ1) is 16.5. The van der Waals surface area contributed by atoms with Crippen molar-refractivity contribution < 1.29 is 14.7 Å². The third-order valence-corrected chi connectivity index (χ3v) is 4.61. The normalized spacial score (nSPS) is 15.5. The lowest BCUT2D eigenvalue weighted by atomic mass is 9.87. The van der Waals surface area contributed by atoms with E-state index in [0.29, 0.717) is 5.56 Å². The molecule has 1 amide bonds. The Morgan fingerprint density at radius 1 is 1.18 bits per heavy atom. The van der Waals surface area contributed by atoms with Gasteiger partial charge in [-0.05, 0) is 24.0 Å². The highest BCUT2D eigenvalue weighted by molar-refractivity contribution is 5.91. The number of aromatic carboxylic acids is 1. The van der Waals surface area contributed by atoms with Crippen molar-refractivity contribution in [3.8, 4) is 0 Å². The molecule has 2 rings (SSSR count). The van der Waals surface area contributed by atoms with Crippen LogP contribution >= 0.6 is 0 Å². The van der Waals surface area contributed by atoms with Crippen molar-refractivity contribution >= 4 is 11.9 Å². The lowest BCUT2D eigenvalue weighted by Crippen LogP contribution is -2.31. The van der Waals surface area contributed by atoms with Crippen LogP contribution in [0.4, 0.5) is 0 Å². The van der Waals surface area contributed by atoms with Crippen molar-refractivity contribution in [2.24, 2.45) is 5.92 Å². The number of hydrogen-bond acceptors (Lipinski definition) is 2. The lowest BCUT2D eigenvalue weighted by Gasteiger charge is -2.24. The van der Waals surface area contributed by atoms with Crippen LogP contribution in [-0.4, -0.2) is 35.5 Å². The summed E-state index contributed by atoms with van der Waals surface area (Å²) in [5.74, 6) is -0.243. The summed E-state index contributed by atoms with van der Waals surface area (Å²) in [5.41, 5.74) is 0.807. The molecule has 1 aliphatic carbocycles. The quantitative estimate of drug-likeness (QED) is 0.876. The molecule has 1 aromatic rings. The average Bonchev–Trinajstić information content (AvgIpc) is 2.53. The highest BCUT2D eigenvalue weighted by atomic mass is 16.4. The van der Waals surface area contributed by atoms with Crippen LogP contribution in [-0.2, 0) is 11.2 Å². The number of amides is 1. The van der Waals surface area contributed by atoms with Gasteiger partial charge in [-0.2, -0.15) is 0 Å². The Morgan fingerprint density at radius 3 is 2.55 bits per heavy atom. The second-order valence-electron chi connectivity index (χ2n) is 6.25. The van der Waals surface area contributed by atoms with Crippen LogP contribution in [0.15, 0.2) is 24.3 Å². The molecule has 1 aliphatic rings. The predicted octanol–water partition coefficient (Wildman–Crippen LogP) is 3.36. The molecule has 0 aromatic heterocycles. The number of nitrogens with zero attached hydrogens (tertiary/aromatic N) is 1. The Hall–Kier alpha value is -1.84. The monoisotopic (exact) mass is 303 g/mol. The first-order valence-corrected chi connectivity index (χ1v) is 8.13. The zero-order valence-corrected chi connectivity index (χ0v) is 13.3. The number of carboxylic acids is 1. The van der Waals surface area contributed by atoms with Crippen LogP contribution in [0.1, 0.15) is 54.4 Å². The van der Waals surface area contributed by atoms with Crippen molar-refractivity contribution in [1.82, 2.24) is 4.90 Å². The Balaban J connectivity index is 1.87. The first-order valence-electron chi connectivity index (χ1n) is 8.13. The second-order valence-corrected chi connectivity index (χ2v) is 6.25. The molecule has 0 spiro atoms. The fourth-order valence-corrected chi connectivity index (χ4v) is 3.16. The summed E-state index contributed by atoms with van der Waals surface area (Å²) < 4.78 is 0. The van der Waals surface area contributed by atoms with Gasteiger partial charge in [-0.25, -0.2) is 4.79 Å². The third-order valence-electron chi connectivity index (χ3n) is 4.61. The Kier molecular flexibility index (Phi) is 5.99. The number of carboxylic acid groups (broad SMARTS) is 1. The Morgan fingerprint density at radius 2 is 1.86 bits per heavy atom. The molecule has 0 bridgehead atoms. The van der Waals surface area contributed by atoms with Crippen molar-refractivity contribution in [3.05, 3.63) is 35.4 Å². The van der Waals surface area contributed by atoms with Gasteiger partial charge in [0.2, 0.25) is 5.91 Å². The molecule has 1 saturated carbocycles. The first-order chi connectivity index (χ1) is 10.6. The summed E-state index contributed by atoms with van der Waals surface area (Å²) in [5, 5.41) is 9.17. The van der Waals surface area contributed by atoms with Gasteiger partial charge in [0.05, 0.1) is 12.0 Å². The zero-order valence-electron chi connectivity index (χ0n) is 13.3. The van der Waals surface area contributed by atoms with Gasteiger partial charge in [0.15, 0.2) is 0 Å². The lowest BCUT2D eigenvalue weighted by molar-refractivity contribution is -0.129. The summed E-state index contributed by atoms with van der Waals surface area (Å²) in [6, 6.07) is 6.73. The van der Waals surface area contributed by atoms with Gasteiger partial charge in [0.25, 0.3) is 0 Å². The topological polar surface area (TPSA) is 57.6 Å². The van der Waals surface area contributed by atoms with E-state index in [1.807, 2.05) is 7.05 Å². The zero-order chi connectivity index (χ0) is 15.9. The van der Waals surface area contributed by atoms with Crippen molar-refractivity contribution in [1.29, 1.82) is 0 Å². The molecule has 0 unspecified atom stereocenters. The van der Waals surface area contributed by atoms with Crippen molar-refractivity contribution in [2.45, 2.75) is 44.9 Å². The molecule has 1 aromatic carbocycles. The number of carbonyl (C=O) groups is 2. The second kappa shape index (κ2) is 7.97. The Labute approximate surface area is 132 Å².